The standard InChI is InChI=1S/C14H14FN5O3S/c1-24(21,22)16-7-8-23-13-6-5-12-17-18-14(20(12)19-13)10-3-2-4-11(15)9-10/h2-6,9,16H,7-8H2,1H3. The van der Waals surface area contributed by atoms with Gasteiger partial charge in [0.15, 0.2) is 11.5 Å². The first-order valence-electron chi connectivity index (χ1n) is 6.98. The third kappa shape index (κ3) is 3.84. The summed E-state index contributed by atoms with van der Waals surface area (Å²) in [4.78, 5) is 0. The summed E-state index contributed by atoms with van der Waals surface area (Å²) in [6, 6.07) is 9.20. The van der Waals surface area contributed by atoms with Crippen molar-refractivity contribution in [1.29, 1.82) is 0 Å². The van der Waals surface area contributed by atoms with Gasteiger partial charge in [-0.05, 0) is 18.2 Å². The Hall–Kier alpha value is -2.59. The number of ether oxygens (including phenoxy) is 1. The third-order valence-corrected chi connectivity index (χ3v) is 3.77. The molecular weight excluding hydrogens is 337 g/mol. The molecule has 0 spiro atoms. The second-order valence-electron chi connectivity index (χ2n) is 4.99. The summed E-state index contributed by atoms with van der Waals surface area (Å²) in [7, 11) is -3.26. The van der Waals surface area contributed by atoms with E-state index < -0.39 is 10.0 Å². The predicted octanol–water partition coefficient (Wildman–Crippen LogP) is 0.858. The topological polar surface area (TPSA) is 98.5 Å². The number of fused-ring (bicyclic) bond motifs is 1. The van der Waals surface area contributed by atoms with E-state index in [1.54, 1.807) is 24.3 Å². The van der Waals surface area contributed by atoms with Crippen LogP contribution in [-0.2, 0) is 10.0 Å². The highest BCUT2D eigenvalue weighted by Crippen LogP contribution is 2.19. The van der Waals surface area contributed by atoms with Crippen molar-refractivity contribution >= 4 is 15.7 Å². The number of nitrogens with one attached hydrogen (secondary N) is 1. The van der Waals surface area contributed by atoms with Gasteiger partial charge < -0.3 is 4.74 Å². The van der Waals surface area contributed by atoms with Gasteiger partial charge in [-0.15, -0.1) is 15.3 Å². The van der Waals surface area contributed by atoms with Crippen molar-refractivity contribution in [1.82, 2.24) is 24.5 Å². The van der Waals surface area contributed by atoms with Crippen LogP contribution in [0.1, 0.15) is 0 Å². The molecule has 0 saturated heterocycles. The predicted molar refractivity (Wildman–Crippen MR) is 84.5 cm³/mol. The molecule has 0 aliphatic carbocycles. The molecule has 0 radical (unpaired) electrons. The van der Waals surface area contributed by atoms with E-state index in [1.165, 1.54) is 16.6 Å². The molecule has 1 aromatic carbocycles. The summed E-state index contributed by atoms with van der Waals surface area (Å²) in [6.45, 7) is 0.237. The number of nitrogens with zero attached hydrogens (tertiary/aromatic N) is 4. The number of sulfonamides is 1. The van der Waals surface area contributed by atoms with Gasteiger partial charge in [0.2, 0.25) is 15.9 Å². The fourth-order valence-electron chi connectivity index (χ4n) is 2.04. The van der Waals surface area contributed by atoms with E-state index in [0.29, 0.717) is 17.0 Å². The summed E-state index contributed by atoms with van der Waals surface area (Å²) in [6.07, 6.45) is 1.07. The molecule has 1 N–H and O–H groups in total. The van der Waals surface area contributed by atoms with Crippen molar-refractivity contribution in [2.75, 3.05) is 19.4 Å². The Labute approximate surface area is 137 Å². The van der Waals surface area contributed by atoms with Crippen LogP contribution in [0.15, 0.2) is 36.4 Å². The minimum Gasteiger partial charge on any atom is -0.475 e. The lowest BCUT2D eigenvalue weighted by Gasteiger charge is -2.06. The van der Waals surface area contributed by atoms with Gasteiger partial charge in [0, 0.05) is 18.2 Å². The van der Waals surface area contributed by atoms with Gasteiger partial charge in [0.05, 0.1) is 6.26 Å². The molecule has 2 heterocycles. The number of rotatable bonds is 6. The van der Waals surface area contributed by atoms with Gasteiger partial charge >= 0.3 is 0 Å². The van der Waals surface area contributed by atoms with E-state index in [4.69, 9.17) is 4.74 Å². The molecule has 0 saturated carbocycles. The van der Waals surface area contributed by atoms with E-state index >= 15 is 0 Å². The minimum atomic E-state index is -3.26. The fourth-order valence-corrected chi connectivity index (χ4v) is 2.49. The number of benzene rings is 1. The Morgan fingerprint density at radius 3 is 2.83 bits per heavy atom. The van der Waals surface area contributed by atoms with Crippen LogP contribution in [0.5, 0.6) is 5.88 Å². The smallest absolute Gasteiger partial charge is 0.231 e. The molecule has 0 atom stereocenters. The maximum Gasteiger partial charge on any atom is 0.231 e. The highest BCUT2D eigenvalue weighted by Gasteiger charge is 2.11. The molecule has 0 amide bonds. The van der Waals surface area contributed by atoms with Crippen LogP contribution >= 0.6 is 0 Å². The van der Waals surface area contributed by atoms with Gasteiger partial charge in [0.25, 0.3) is 0 Å². The van der Waals surface area contributed by atoms with Crippen LogP contribution in [0, 0.1) is 5.82 Å². The van der Waals surface area contributed by atoms with Crippen molar-refractivity contribution < 1.29 is 17.5 Å². The normalized spacial score (nSPS) is 11.8. The quantitative estimate of drug-likeness (QED) is 0.662. The van der Waals surface area contributed by atoms with Gasteiger partial charge in [0.1, 0.15) is 12.4 Å². The monoisotopic (exact) mass is 351 g/mol. The molecule has 0 fully saturated rings. The summed E-state index contributed by atoms with van der Waals surface area (Å²) in [5.74, 6) is 0.267. The molecule has 3 aromatic rings. The molecule has 0 aliphatic rings. The first kappa shape index (κ1) is 16.3. The van der Waals surface area contributed by atoms with Crippen LogP contribution in [0.4, 0.5) is 4.39 Å². The highest BCUT2D eigenvalue weighted by atomic mass is 32.2. The molecule has 10 heteroatoms. The summed E-state index contributed by atoms with van der Waals surface area (Å²) in [5, 5.41) is 12.2. The van der Waals surface area contributed by atoms with Crippen molar-refractivity contribution in [2.45, 2.75) is 0 Å². The molecule has 0 unspecified atom stereocenters. The molecule has 3 rings (SSSR count). The Bertz CT molecular complexity index is 973. The molecular formula is C14H14FN5O3S. The number of halogens is 1. The van der Waals surface area contributed by atoms with Gasteiger partial charge in [-0.1, -0.05) is 12.1 Å². The Balaban J connectivity index is 1.81. The number of aromatic nitrogens is 4. The number of hydrogen-bond donors (Lipinski definition) is 1. The Morgan fingerprint density at radius 2 is 2.08 bits per heavy atom. The van der Waals surface area contributed by atoms with Gasteiger partial charge in [-0.3, -0.25) is 0 Å². The fraction of sp³-hybridized carbons (Fsp3) is 0.214. The van der Waals surface area contributed by atoms with Crippen molar-refractivity contribution in [3.63, 3.8) is 0 Å². The van der Waals surface area contributed by atoms with Gasteiger partial charge in [-0.2, -0.15) is 4.52 Å². The summed E-state index contributed by atoms with van der Waals surface area (Å²) in [5.41, 5.74) is 1.02. The molecule has 24 heavy (non-hydrogen) atoms. The lowest BCUT2D eigenvalue weighted by Crippen LogP contribution is -2.27. The highest BCUT2D eigenvalue weighted by molar-refractivity contribution is 7.88. The van der Waals surface area contributed by atoms with E-state index in [2.05, 4.69) is 20.0 Å². The molecule has 126 valence electrons. The lowest BCUT2D eigenvalue weighted by molar-refractivity contribution is 0.306. The Morgan fingerprint density at radius 1 is 1.25 bits per heavy atom. The van der Waals surface area contributed by atoms with E-state index in [0.717, 1.165) is 6.26 Å². The summed E-state index contributed by atoms with van der Waals surface area (Å²) >= 11 is 0. The molecule has 8 nitrogen and oxygen atoms in total. The van der Waals surface area contributed by atoms with Crippen LogP contribution in [0.2, 0.25) is 0 Å². The van der Waals surface area contributed by atoms with Crippen LogP contribution in [0.25, 0.3) is 17.0 Å². The number of hydrogen-bond acceptors (Lipinski definition) is 6. The first-order valence-corrected chi connectivity index (χ1v) is 8.87. The largest absolute Gasteiger partial charge is 0.475 e. The van der Waals surface area contributed by atoms with Gasteiger partial charge in [-0.25, -0.2) is 17.5 Å². The lowest BCUT2D eigenvalue weighted by atomic mass is 10.2. The maximum atomic E-state index is 13.4. The van der Waals surface area contributed by atoms with Crippen LogP contribution < -0.4 is 9.46 Å². The second kappa shape index (κ2) is 6.49. The molecule has 2 aromatic heterocycles. The van der Waals surface area contributed by atoms with E-state index in [1.807, 2.05) is 0 Å². The second-order valence-corrected chi connectivity index (χ2v) is 6.82. The minimum absolute atomic E-state index is 0.114. The molecule has 0 aliphatic heterocycles. The molecule has 0 bridgehead atoms. The van der Waals surface area contributed by atoms with E-state index in [9.17, 15) is 12.8 Å². The van der Waals surface area contributed by atoms with Crippen LogP contribution in [-0.4, -0.2) is 47.6 Å². The maximum absolute atomic E-state index is 13.4. The first-order chi connectivity index (χ1) is 11.4. The van der Waals surface area contributed by atoms with Crippen molar-refractivity contribution in [3.8, 4) is 17.3 Å². The van der Waals surface area contributed by atoms with Crippen molar-refractivity contribution in [2.24, 2.45) is 0 Å². The zero-order valence-electron chi connectivity index (χ0n) is 12.7. The summed E-state index contributed by atoms with van der Waals surface area (Å²) < 4.78 is 44.5. The van der Waals surface area contributed by atoms with E-state index in [-0.39, 0.29) is 24.8 Å². The average Bonchev–Trinajstić information content (AvgIpc) is 2.94. The van der Waals surface area contributed by atoms with Crippen molar-refractivity contribution in [3.05, 3.63) is 42.2 Å². The average molecular weight is 351 g/mol. The SMILES string of the molecule is CS(=O)(=O)NCCOc1ccc2nnc(-c3cccc(F)c3)n2n1. The zero-order chi connectivity index (χ0) is 17.2. The zero-order valence-corrected chi connectivity index (χ0v) is 13.5. The third-order valence-electron chi connectivity index (χ3n) is 3.04. The Kier molecular flexibility index (Phi) is 4.40. The van der Waals surface area contributed by atoms with Crippen LogP contribution in [0.3, 0.4) is 0 Å².